The van der Waals surface area contributed by atoms with Crippen molar-refractivity contribution < 1.29 is 14.7 Å². The quantitative estimate of drug-likeness (QED) is 0.625. The van der Waals surface area contributed by atoms with Crippen LogP contribution in [0.5, 0.6) is 0 Å². The SMILES string of the molecule is CNC(=O)C1CC(O)CN1C(=O)[C@@H](n1cc(-c2ccc(N)c(Cl)c2)nn1)C(C)(C)C. The molecule has 0 bridgehead atoms. The van der Waals surface area contributed by atoms with Crippen molar-refractivity contribution in [1.82, 2.24) is 25.2 Å². The molecule has 2 heterocycles. The molecule has 0 spiro atoms. The normalized spacial score (nSPS) is 20.3. The fourth-order valence-electron chi connectivity index (χ4n) is 3.73. The van der Waals surface area contributed by atoms with E-state index in [-0.39, 0.29) is 24.8 Å². The molecule has 1 aromatic carbocycles. The molecule has 1 saturated heterocycles. The highest BCUT2D eigenvalue weighted by molar-refractivity contribution is 6.33. The van der Waals surface area contributed by atoms with E-state index in [0.717, 1.165) is 5.56 Å². The fraction of sp³-hybridized carbons (Fsp3) is 0.500. The van der Waals surface area contributed by atoms with Gasteiger partial charge in [0.05, 0.1) is 23.0 Å². The summed E-state index contributed by atoms with van der Waals surface area (Å²) in [6.07, 6.45) is 1.13. The Bertz CT molecular complexity index is 954. The van der Waals surface area contributed by atoms with Gasteiger partial charge in [-0.05, 0) is 17.5 Å². The monoisotopic (exact) mass is 434 g/mol. The number of carbonyl (C=O) groups excluding carboxylic acids is 2. The number of nitrogens with zero attached hydrogens (tertiary/aromatic N) is 4. The van der Waals surface area contributed by atoms with E-state index in [1.54, 1.807) is 24.4 Å². The summed E-state index contributed by atoms with van der Waals surface area (Å²) < 4.78 is 1.51. The molecule has 0 radical (unpaired) electrons. The number of likely N-dealkylation sites (N-methyl/N-ethyl adjacent to an activating group) is 1. The van der Waals surface area contributed by atoms with Crippen molar-refractivity contribution in [3.8, 4) is 11.3 Å². The van der Waals surface area contributed by atoms with E-state index < -0.39 is 23.6 Å². The van der Waals surface area contributed by atoms with Crippen LogP contribution in [0, 0.1) is 5.41 Å². The molecule has 162 valence electrons. The largest absolute Gasteiger partial charge is 0.398 e. The third-order valence-electron chi connectivity index (χ3n) is 5.24. The van der Waals surface area contributed by atoms with E-state index >= 15 is 0 Å². The first kappa shape index (κ1) is 22.0. The average Bonchev–Trinajstić information content (AvgIpc) is 3.29. The van der Waals surface area contributed by atoms with Crippen molar-refractivity contribution in [2.24, 2.45) is 5.41 Å². The van der Waals surface area contributed by atoms with E-state index in [2.05, 4.69) is 15.6 Å². The lowest BCUT2D eigenvalue weighted by molar-refractivity contribution is -0.144. The fourth-order valence-corrected chi connectivity index (χ4v) is 3.91. The van der Waals surface area contributed by atoms with Crippen LogP contribution < -0.4 is 11.1 Å². The van der Waals surface area contributed by atoms with Crippen molar-refractivity contribution in [2.75, 3.05) is 19.3 Å². The van der Waals surface area contributed by atoms with Gasteiger partial charge in [-0.1, -0.05) is 43.7 Å². The highest BCUT2D eigenvalue weighted by Gasteiger charge is 2.45. The number of aromatic nitrogens is 3. The Morgan fingerprint density at radius 3 is 2.67 bits per heavy atom. The molecule has 10 heteroatoms. The molecule has 2 unspecified atom stereocenters. The Kier molecular flexibility index (Phi) is 6.05. The maximum Gasteiger partial charge on any atom is 0.248 e. The van der Waals surface area contributed by atoms with Crippen LogP contribution in [0.2, 0.25) is 5.02 Å². The van der Waals surface area contributed by atoms with Gasteiger partial charge in [-0.25, -0.2) is 4.68 Å². The highest BCUT2D eigenvalue weighted by Crippen LogP contribution is 2.35. The van der Waals surface area contributed by atoms with Gasteiger partial charge in [-0.3, -0.25) is 9.59 Å². The lowest BCUT2D eigenvalue weighted by Gasteiger charge is -2.34. The van der Waals surface area contributed by atoms with Crippen LogP contribution in [0.3, 0.4) is 0 Å². The summed E-state index contributed by atoms with van der Waals surface area (Å²) in [6, 6.07) is 3.71. The Labute approximate surface area is 180 Å². The van der Waals surface area contributed by atoms with Crippen molar-refractivity contribution in [1.29, 1.82) is 0 Å². The molecule has 2 amide bonds. The van der Waals surface area contributed by atoms with Crippen LogP contribution >= 0.6 is 11.6 Å². The van der Waals surface area contributed by atoms with E-state index in [1.807, 2.05) is 20.8 Å². The minimum Gasteiger partial charge on any atom is -0.398 e. The van der Waals surface area contributed by atoms with Gasteiger partial charge in [0, 0.05) is 25.6 Å². The number of rotatable bonds is 4. The molecule has 0 aliphatic carbocycles. The van der Waals surface area contributed by atoms with Gasteiger partial charge >= 0.3 is 0 Å². The van der Waals surface area contributed by atoms with E-state index in [1.165, 1.54) is 16.6 Å². The second-order valence-electron chi connectivity index (χ2n) is 8.60. The number of β-amino-alcohol motifs (C(OH)–C–C–N with tert-alkyl or cyclic N) is 1. The van der Waals surface area contributed by atoms with Crippen molar-refractivity contribution in [3.05, 3.63) is 29.4 Å². The topological polar surface area (TPSA) is 126 Å². The van der Waals surface area contributed by atoms with Crippen molar-refractivity contribution in [2.45, 2.75) is 45.4 Å². The van der Waals surface area contributed by atoms with E-state index in [4.69, 9.17) is 17.3 Å². The predicted molar refractivity (Wildman–Crippen MR) is 114 cm³/mol. The zero-order chi connectivity index (χ0) is 22.2. The van der Waals surface area contributed by atoms with E-state index in [9.17, 15) is 14.7 Å². The maximum atomic E-state index is 13.5. The van der Waals surface area contributed by atoms with Crippen molar-refractivity contribution in [3.63, 3.8) is 0 Å². The summed E-state index contributed by atoms with van der Waals surface area (Å²) in [6.45, 7) is 5.84. The molecule has 3 rings (SSSR count). The summed E-state index contributed by atoms with van der Waals surface area (Å²) in [5.41, 5.74) is 6.97. The number of anilines is 1. The lowest BCUT2D eigenvalue weighted by Crippen LogP contribution is -2.49. The van der Waals surface area contributed by atoms with Crippen LogP contribution in [0.15, 0.2) is 24.4 Å². The summed E-state index contributed by atoms with van der Waals surface area (Å²) in [5, 5.41) is 21.5. The first-order valence-electron chi connectivity index (χ1n) is 9.70. The standard InChI is InChI=1S/C20H27ClN6O3/c1-20(2,3)17(19(30)26-9-12(28)8-16(26)18(29)23-4)27-10-15(24-25-27)11-5-6-14(22)13(21)7-11/h5-7,10,12,16-17,28H,8-9,22H2,1-4H3,(H,23,29)/t12?,16?,17-/m1/s1. The number of nitrogens with one attached hydrogen (secondary N) is 1. The van der Waals surface area contributed by atoms with Gasteiger partial charge in [-0.2, -0.15) is 0 Å². The molecule has 1 fully saturated rings. The molecule has 30 heavy (non-hydrogen) atoms. The second-order valence-corrected chi connectivity index (χ2v) is 9.01. The molecule has 1 aliphatic heterocycles. The molecule has 0 saturated carbocycles. The molecule has 4 N–H and O–H groups in total. The van der Waals surface area contributed by atoms with E-state index in [0.29, 0.717) is 16.4 Å². The third kappa shape index (κ3) is 4.27. The molecule has 9 nitrogen and oxygen atoms in total. The average molecular weight is 435 g/mol. The Hall–Kier alpha value is -2.65. The van der Waals surface area contributed by atoms with Gasteiger partial charge < -0.3 is 21.1 Å². The number of benzene rings is 1. The summed E-state index contributed by atoms with van der Waals surface area (Å²) >= 11 is 6.11. The molecular weight excluding hydrogens is 408 g/mol. The zero-order valence-corrected chi connectivity index (χ0v) is 18.2. The minimum atomic E-state index is -0.750. The molecule has 1 aliphatic rings. The summed E-state index contributed by atoms with van der Waals surface area (Å²) in [7, 11) is 1.51. The number of aliphatic hydroxyl groups excluding tert-OH is 1. The van der Waals surface area contributed by atoms with Gasteiger partial charge in [0.25, 0.3) is 0 Å². The summed E-state index contributed by atoms with van der Waals surface area (Å²) in [4.78, 5) is 27.2. The van der Waals surface area contributed by atoms with Gasteiger partial charge in [0.2, 0.25) is 11.8 Å². The number of nitrogen functional groups attached to an aromatic ring is 1. The number of carbonyl (C=O) groups is 2. The molecule has 1 aromatic heterocycles. The van der Waals surface area contributed by atoms with Crippen LogP contribution in [0.1, 0.15) is 33.2 Å². The Balaban J connectivity index is 1.95. The number of nitrogens with two attached hydrogens (primary N) is 1. The number of amides is 2. The predicted octanol–water partition coefficient (Wildman–Crippen LogP) is 1.48. The van der Waals surface area contributed by atoms with Gasteiger partial charge in [0.15, 0.2) is 0 Å². The number of halogens is 1. The minimum absolute atomic E-state index is 0.0959. The number of aliphatic hydroxyl groups is 1. The maximum absolute atomic E-state index is 13.5. The molecule has 2 aromatic rings. The summed E-state index contributed by atoms with van der Waals surface area (Å²) in [5.74, 6) is -0.595. The number of hydrogen-bond acceptors (Lipinski definition) is 6. The van der Waals surface area contributed by atoms with Gasteiger partial charge in [0.1, 0.15) is 17.8 Å². The first-order chi connectivity index (χ1) is 14.0. The van der Waals surface area contributed by atoms with Crippen LogP contribution in [0.4, 0.5) is 5.69 Å². The third-order valence-corrected chi connectivity index (χ3v) is 5.56. The molecular formula is C20H27ClN6O3. The first-order valence-corrected chi connectivity index (χ1v) is 10.1. The Morgan fingerprint density at radius 1 is 1.37 bits per heavy atom. The number of hydrogen-bond donors (Lipinski definition) is 3. The van der Waals surface area contributed by atoms with Crippen molar-refractivity contribution >= 4 is 29.1 Å². The van der Waals surface area contributed by atoms with Crippen LogP contribution in [-0.2, 0) is 9.59 Å². The molecule has 3 atom stereocenters. The lowest BCUT2D eigenvalue weighted by atomic mass is 9.85. The second kappa shape index (κ2) is 8.23. The van der Waals surface area contributed by atoms with Crippen LogP contribution in [0.25, 0.3) is 11.3 Å². The number of likely N-dealkylation sites (tertiary alicyclic amines) is 1. The smallest absolute Gasteiger partial charge is 0.248 e. The Morgan fingerprint density at radius 2 is 2.07 bits per heavy atom. The van der Waals surface area contributed by atoms with Gasteiger partial charge in [-0.15, -0.1) is 5.10 Å². The van der Waals surface area contributed by atoms with Crippen LogP contribution in [-0.4, -0.2) is 62.6 Å². The highest BCUT2D eigenvalue weighted by atomic mass is 35.5. The zero-order valence-electron chi connectivity index (χ0n) is 17.5.